The number of aliphatic imine (C=N–C) groups is 1. The number of hydrogen-bond acceptors (Lipinski definition) is 9. The maximum atomic E-state index is 13.2. The van der Waals surface area contributed by atoms with E-state index in [1.165, 1.54) is 0 Å². The van der Waals surface area contributed by atoms with Crippen LogP contribution in [0.4, 0.5) is 5.69 Å². The lowest BCUT2D eigenvalue weighted by molar-refractivity contribution is 0.0771. The summed E-state index contributed by atoms with van der Waals surface area (Å²) in [4.78, 5) is 19.8. The molecule has 5 rings (SSSR count). The largest absolute Gasteiger partial charge is 0.493 e. The Balaban J connectivity index is 0.00000276. The lowest BCUT2D eigenvalue weighted by atomic mass is 9.76. The lowest BCUT2D eigenvalue weighted by Crippen LogP contribution is -2.35. The van der Waals surface area contributed by atoms with E-state index in [0.717, 1.165) is 37.1 Å². The van der Waals surface area contributed by atoms with Gasteiger partial charge in [0.15, 0.2) is 23.0 Å². The van der Waals surface area contributed by atoms with Crippen LogP contribution in [0.25, 0.3) is 0 Å². The van der Waals surface area contributed by atoms with E-state index in [0.29, 0.717) is 64.7 Å². The van der Waals surface area contributed by atoms with Crippen LogP contribution in [0.3, 0.4) is 0 Å². The van der Waals surface area contributed by atoms with E-state index >= 15 is 0 Å². The van der Waals surface area contributed by atoms with Crippen molar-refractivity contribution in [3.8, 4) is 46.0 Å². The highest BCUT2D eigenvalue weighted by molar-refractivity contribution is 6.03. The van der Waals surface area contributed by atoms with E-state index in [4.69, 9.17) is 33.2 Å². The van der Waals surface area contributed by atoms with Gasteiger partial charge < -0.3 is 38.1 Å². The van der Waals surface area contributed by atoms with Gasteiger partial charge in [0, 0.05) is 31.0 Å². The Labute approximate surface area is 297 Å². The molecule has 2 aliphatic heterocycles. The molecule has 0 radical (unpaired) electrons. The minimum Gasteiger partial charge on any atom is -0.493 e. The Hall–Kier alpha value is -4.60. The highest BCUT2D eigenvalue weighted by atomic mass is 16.5. The van der Waals surface area contributed by atoms with E-state index in [9.17, 15) is 4.79 Å². The summed E-state index contributed by atoms with van der Waals surface area (Å²) in [7, 11) is 6.31. The van der Waals surface area contributed by atoms with Crippen molar-refractivity contribution in [2.45, 2.75) is 73.8 Å². The van der Waals surface area contributed by atoms with Crippen molar-refractivity contribution in [1.82, 2.24) is 4.90 Å². The first-order valence-electron chi connectivity index (χ1n) is 17.3. The number of rotatable bonds is 14. The van der Waals surface area contributed by atoms with Gasteiger partial charge in [-0.05, 0) is 66.8 Å². The first kappa shape index (κ1) is 38.2. The van der Waals surface area contributed by atoms with Gasteiger partial charge >= 0.3 is 0 Å². The second-order valence-corrected chi connectivity index (χ2v) is 14.0. The van der Waals surface area contributed by atoms with Crippen molar-refractivity contribution >= 4 is 17.8 Å². The van der Waals surface area contributed by atoms with Gasteiger partial charge in [0.25, 0.3) is 5.91 Å². The molecule has 0 N–H and O–H groups in total. The summed E-state index contributed by atoms with van der Waals surface area (Å²) >= 11 is 0. The number of carbonyl (C=O) groups is 1. The number of methoxy groups -OCH3 is 4. The Morgan fingerprint density at radius 2 is 1.40 bits per heavy atom. The zero-order valence-corrected chi connectivity index (χ0v) is 31.6. The quantitative estimate of drug-likeness (QED) is 0.165. The van der Waals surface area contributed by atoms with Gasteiger partial charge in [-0.3, -0.25) is 9.79 Å². The standard InChI is InChI=1S/C38H48N2O8.C2H6/c1-24-15-26(12-13-30(24)48-27-16-33(43-7)35(45-9)34(17-27)44-8)46-22-37(2,3)21-38(4,5)23-47-32-19-29-28(18-31(32)42-6)36(41)40-14-10-11-25(40)20-39-29;1-2/h12-13,15-20,25H,10-11,14,21-23H2,1-9H3;1-2H3. The van der Waals surface area contributed by atoms with Gasteiger partial charge in [0.1, 0.15) is 17.2 Å². The molecule has 0 aliphatic carbocycles. The van der Waals surface area contributed by atoms with Crippen molar-refractivity contribution in [3.05, 3.63) is 53.6 Å². The topological polar surface area (TPSA) is 97.3 Å². The number of amides is 1. The third-order valence-corrected chi connectivity index (χ3v) is 8.68. The number of benzene rings is 3. The molecule has 0 saturated carbocycles. The highest BCUT2D eigenvalue weighted by Crippen LogP contribution is 2.43. The molecule has 10 heteroatoms. The molecular weight excluding hydrogens is 636 g/mol. The van der Waals surface area contributed by atoms with Crippen molar-refractivity contribution in [1.29, 1.82) is 0 Å². The molecule has 1 amide bonds. The Morgan fingerprint density at radius 1 is 0.760 bits per heavy atom. The van der Waals surface area contributed by atoms with Crippen LogP contribution in [0, 0.1) is 17.8 Å². The molecule has 0 bridgehead atoms. The second-order valence-electron chi connectivity index (χ2n) is 14.0. The minimum absolute atomic E-state index is 0.00661. The van der Waals surface area contributed by atoms with Crippen LogP contribution in [0.5, 0.6) is 46.0 Å². The Kier molecular flexibility index (Phi) is 12.5. The molecule has 1 unspecified atom stereocenters. The zero-order chi connectivity index (χ0) is 36.6. The normalized spacial score (nSPS) is 15.2. The van der Waals surface area contributed by atoms with Crippen LogP contribution in [0.2, 0.25) is 0 Å². The van der Waals surface area contributed by atoms with Crippen LogP contribution in [-0.2, 0) is 0 Å². The van der Waals surface area contributed by atoms with E-state index in [1.54, 1.807) is 46.6 Å². The smallest absolute Gasteiger partial charge is 0.256 e. The maximum Gasteiger partial charge on any atom is 0.256 e. The molecule has 1 fully saturated rings. The summed E-state index contributed by atoms with van der Waals surface area (Å²) in [5, 5.41) is 0. The van der Waals surface area contributed by atoms with Gasteiger partial charge in [-0.2, -0.15) is 0 Å². The molecule has 0 spiro atoms. The summed E-state index contributed by atoms with van der Waals surface area (Å²) in [6.45, 7) is 16.4. The second kappa shape index (κ2) is 16.4. The summed E-state index contributed by atoms with van der Waals surface area (Å²) in [5.41, 5.74) is 1.74. The van der Waals surface area contributed by atoms with Crippen LogP contribution in [0.1, 0.15) is 76.7 Å². The van der Waals surface area contributed by atoms with Crippen LogP contribution in [0.15, 0.2) is 47.5 Å². The number of fused-ring (bicyclic) bond motifs is 2. The molecule has 10 nitrogen and oxygen atoms in total. The molecule has 50 heavy (non-hydrogen) atoms. The number of carbonyl (C=O) groups excluding carboxylic acids is 1. The summed E-state index contributed by atoms with van der Waals surface area (Å²) in [6.07, 6.45) is 4.65. The first-order chi connectivity index (χ1) is 23.9. The number of nitrogens with zero attached hydrogens (tertiary/aromatic N) is 2. The van der Waals surface area contributed by atoms with Crippen molar-refractivity contribution in [3.63, 3.8) is 0 Å². The van der Waals surface area contributed by atoms with Crippen molar-refractivity contribution < 1.29 is 38.0 Å². The van der Waals surface area contributed by atoms with Gasteiger partial charge in [0.05, 0.1) is 58.9 Å². The van der Waals surface area contributed by atoms with Crippen LogP contribution >= 0.6 is 0 Å². The minimum atomic E-state index is -0.194. The molecule has 1 saturated heterocycles. The SMILES string of the molecule is CC.COc1cc2c(cc1OCC(C)(C)CC(C)(C)COc1ccc(Oc3cc(OC)c(OC)c(OC)c3)c(C)c1)N=CC1CCCN1C2=O. The molecule has 3 aromatic rings. The van der Waals surface area contributed by atoms with Gasteiger partial charge in [0.2, 0.25) is 5.75 Å². The van der Waals surface area contributed by atoms with E-state index in [1.807, 2.05) is 56.2 Å². The predicted molar refractivity (Wildman–Crippen MR) is 197 cm³/mol. The third kappa shape index (κ3) is 8.94. The average molecular weight is 691 g/mol. The Morgan fingerprint density at radius 3 is 2.00 bits per heavy atom. The van der Waals surface area contributed by atoms with Crippen LogP contribution < -0.4 is 33.2 Å². The summed E-state index contributed by atoms with van der Waals surface area (Å²) in [6, 6.07) is 12.9. The molecule has 3 aromatic carbocycles. The van der Waals surface area contributed by atoms with E-state index in [-0.39, 0.29) is 22.8 Å². The van der Waals surface area contributed by atoms with Crippen molar-refractivity contribution in [2.75, 3.05) is 48.2 Å². The molecule has 272 valence electrons. The predicted octanol–water partition coefficient (Wildman–Crippen LogP) is 9.07. The fraction of sp³-hybridized carbons (Fsp3) is 0.500. The number of aryl methyl sites for hydroxylation is 1. The lowest BCUT2D eigenvalue weighted by Gasteiger charge is -2.34. The van der Waals surface area contributed by atoms with Crippen molar-refractivity contribution in [2.24, 2.45) is 15.8 Å². The summed E-state index contributed by atoms with van der Waals surface area (Å²) < 4.78 is 40.8. The van der Waals surface area contributed by atoms with Gasteiger partial charge in [-0.1, -0.05) is 41.5 Å². The Bertz CT molecular complexity index is 1640. The number of ether oxygens (including phenoxy) is 7. The van der Waals surface area contributed by atoms with Crippen LogP contribution in [-0.4, -0.2) is 71.3 Å². The molecule has 2 aliphatic rings. The summed E-state index contributed by atoms with van der Waals surface area (Å²) in [5.74, 6) is 4.66. The van der Waals surface area contributed by atoms with E-state index in [2.05, 4.69) is 32.7 Å². The van der Waals surface area contributed by atoms with Gasteiger partial charge in [-0.25, -0.2) is 0 Å². The zero-order valence-electron chi connectivity index (χ0n) is 31.6. The monoisotopic (exact) mass is 690 g/mol. The van der Waals surface area contributed by atoms with Gasteiger partial charge in [-0.15, -0.1) is 0 Å². The fourth-order valence-electron chi connectivity index (χ4n) is 6.64. The highest BCUT2D eigenvalue weighted by Gasteiger charge is 2.34. The molecular formula is C40H54N2O8. The third-order valence-electron chi connectivity index (χ3n) is 8.68. The average Bonchev–Trinajstić information content (AvgIpc) is 3.53. The fourth-order valence-corrected chi connectivity index (χ4v) is 6.64. The molecule has 1 atom stereocenters. The molecule has 2 heterocycles. The first-order valence-corrected chi connectivity index (χ1v) is 17.3. The number of hydrogen-bond donors (Lipinski definition) is 0. The van der Waals surface area contributed by atoms with E-state index < -0.39 is 0 Å². The maximum absolute atomic E-state index is 13.2. The molecule has 0 aromatic heterocycles.